The lowest BCUT2D eigenvalue weighted by molar-refractivity contribution is -0.140. The molecule has 0 aliphatic carbocycles. The molecule has 2 heterocycles. The molecule has 0 spiro atoms. The number of aliphatic hydroxyl groups excluding tert-OH is 1. The summed E-state index contributed by atoms with van der Waals surface area (Å²) in [4.78, 5) is 31.8. The summed E-state index contributed by atoms with van der Waals surface area (Å²) in [6.45, 7) is 2.52. The number of ether oxygens (including phenoxy) is 2. The van der Waals surface area contributed by atoms with Gasteiger partial charge in [0.1, 0.15) is 17.3 Å². The van der Waals surface area contributed by atoms with E-state index in [4.69, 9.17) is 9.47 Å². The summed E-state index contributed by atoms with van der Waals surface area (Å²) >= 11 is 0. The van der Waals surface area contributed by atoms with Crippen molar-refractivity contribution in [2.45, 2.75) is 19.5 Å². The zero-order chi connectivity index (χ0) is 23.4. The van der Waals surface area contributed by atoms with E-state index in [0.29, 0.717) is 29.2 Å². The van der Waals surface area contributed by atoms with Crippen LogP contribution in [0.25, 0.3) is 5.76 Å². The van der Waals surface area contributed by atoms with E-state index in [1.165, 1.54) is 4.90 Å². The van der Waals surface area contributed by atoms with Gasteiger partial charge in [0.2, 0.25) is 0 Å². The molecular formula is C26H24N2O5. The van der Waals surface area contributed by atoms with Crippen LogP contribution in [0.2, 0.25) is 0 Å². The summed E-state index contributed by atoms with van der Waals surface area (Å²) in [5, 5.41) is 11.2. The zero-order valence-corrected chi connectivity index (χ0v) is 18.4. The van der Waals surface area contributed by atoms with Crippen LogP contribution in [0.5, 0.6) is 11.5 Å². The molecule has 1 N–H and O–H groups in total. The maximum absolute atomic E-state index is 13.1. The molecular weight excluding hydrogens is 420 g/mol. The molecule has 1 unspecified atom stereocenters. The molecule has 3 aromatic rings. The number of rotatable bonds is 7. The highest BCUT2D eigenvalue weighted by atomic mass is 16.5. The number of aliphatic hydroxyl groups is 1. The van der Waals surface area contributed by atoms with E-state index in [9.17, 15) is 14.7 Å². The fraction of sp³-hybridized carbons (Fsp3) is 0.192. The summed E-state index contributed by atoms with van der Waals surface area (Å²) in [7, 11) is 1.58. The molecule has 1 aliphatic rings. The first-order valence-electron chi connectivity index (χ1n) is 10.6. The smallest absolute Gasteiger partial charge is 0.295 e. The Balaban J connectivity index is 1.80. The standard InChI is InChI=1S/C26H24N2O5/c1-3-33-21-6-4-5-19(15-21)24(29)22-23(18-11-13-27-14-12-18)28(26(31)25(22)30)16-17-7-9-20(32-2)10-8-17/h4-15,23,29H,3,16H2,1-2H3/b24-22-. The van der Waals surface area contributed by atoms with Gasteiger partial charge in [-0.05, 0) is 54.4 Å². The Morgan fingerprint density at radius 3 is 2.42 bits per heavy atom. The van der Waals surface area contributed by atoms with Crippen molar-refractivity contribution < 1.29 is 24.2 Å². The number of methoxy groups -OCH3 is 1. The van der Waals surface area contributed by atoms with Gasteiger partial charge in [-0.3, -0.25) is 14.6 Å². The van der Waals surface area contributed by atoms with Crippen molar-refractivity contribution >= 4 is 17.4 Å². The van der Waals surface area contributed by atoms with Crippen LogP contribution in [0.4, 0.5) is 0 Å². The monoisotopic (exact) mass is 444 g/mol. The third kappa shape index (κ3) is 4.43. The SMILES string of the molecule is CCOc1cccc(/C(O)=C2/C(=O)C(=O)N(Cc3ccc(OC)cc3)C2c2ccncc2)c1. The maximum Gasteiger partial charge on any atom is 0.295 e. The van der Waals surface area contributed by atoms with Crippen molar-refractivity contribution in [2.24, 2.45) is 0 Å². The highest BCUT2D eigenvalue weighted by Crippen LogP contribution is 2.40. The Morgan fingerprint density at radius 2 is 1.76 bits per heavy atom. The molecule has 2 aromatic carbocycles. The van der Waals surface area contributed by atoms with Gasteiger partial charge in [0.05, 0.1) is 25.3 Å². The van der Waals surface area contributed by atoms with Crippen LogP contribution in [-0.2, 0) is 16.1 Å². The van der Waals surface area contributed by atoms with Gasteiger partial charge >= 0.3 is 0 Å². The number of aromatic nitrogens is 1. The number of carbonyl (C=O) groups excluding carboxylic acids is 2. The van der Waals surface area contributed by atoms with Crippen molar-refractivity contribution in [3.8, 4) is 11.5 Å². The molecule has 1 aliphatic heterocycles. The third-order valence-corrected chi connectivity index (χ3v) is 5.49. The first-order chi connectivity index (χ1) is 16.0. The highest BCUT2D eigenvalue weighted by molar-refractivity contribution is 6.46. The second-order valence-electron chi connectivity index (χ2n) is 7.52. The first-order valence-corrected chi connectivity index (χ1v) is 10.6. The number of likely N-dealkylation sites (tertiary alicyclic amines) is 1. The molecule has 4 rings (SSSR count). The molecule has 0 bridgehead atoms. The molecule has 1 saturated heterocycles. The molecule has 7 heteroatoms. The van der Waals surface area contributed by atoms with Crippen LogP contribution < -0.4 is 9.47 Å². The predicted molar refractivity (Wildman–Crippen MR) is 123 cm³/mol. The van der Waals surface area contributed by atoms with E-state index in [1.54, 1.807) is 68.0 Å². The minimum atomic E-state index is -0.758. The molecule has 1 atom stereocenters. The average Bonchev–Trinajstić information content (AvgIpc) is 3.10. The van der Waals surface area contributed by atoms with Gasteiger partial charge in [-0.25, -0.2) is 0 Å². The predicted octanol–water partition coefficient (Wildman–Crippen LogP) is 4.11. The Kier molecular flexibility index (Phi) is 6.40. The Bertz CT molecular complexity index is 1190. The second-order valence-corrected chi connectivity index (χ2v) is 7.52. The van der Waals surface area contributed by atoms with Crippen molar-refractivity contribution in [3.05, 3.63) is 95.3 Å². The number of ketones is 1. The molecule has 33 heavy (non-hydrogen) atoms. The number of nitrogens with zero attached hydrogens (tertiary/aromatic N) is 2. The van der Waals surface area contributed by atoms with Gasteiger partial charge in [0.25, 0.3) is 11.7 Å². The maximum atomic E-state index is 13.1. The Hall–Kier alpha value is -4.13. The Labute approximate surface area is 191 Å². The summed E-state index contributed by atoms with van der Waals surface area (Å²) in [6, 6.07) is 16.8. The van der Waals surface area contributed by atoms with Gasteiger partial charge in [0, 0.05) is 24.5 Å². The lowest BCUT2D eigenvalue weighted by Gasteiger charge is -2.25. The van der Waals surface area contributed by atoms with E-state index >= 15 is 0 Å². The minimum absolute atomic E-state index is 0.0355. The lowest BCUT2D eigenvalue weighted by Crippen LogP contribution is -2.29. The van der Waals surface area contributed by atoms with Crippen LogP contribution in [0.3, 0.4) is 0 Å². The van der Waals surface area contributed by atoms with Crippen molar-refractivity contribution in [3.63, 3.8) is 0 Å². The normalized spacial score (nSPS) is 17.3. The number of hydrogen-bond acceptors (Lipinski definition) is 6. The summed E-state index contributed by atoms with van der Waals surface area (Å²) in [5.74, 6) is -0.385. The van der Waals surface area contributed by atoms with Gasteiger partial charge in [-0.2, -0.15) is 0 Å². The molecule has 168 valence electrons. The summed E-state index contributed by atoms with van der Waals surface area (Å²) in [6.07, 6.45) is 3.19. The van der Waals surface area contributed by atoms with Crippen LogP contribution in [0.1, 0.15) is 29.7 Å². The lowest BCUT2D eigenvalue weighted by atomic mass is 9.95. The number of benzene rings is 2. The topological polar surface area (TPSA) is 89.0 Å². The number of pyridine rings is 1. The van der Waals surface area contributed by atoms with Gasteiger partial charge in [0.15, 0.2) is 0 Å². The molecule has 1 aromatic heterocycles. The van der Waals surface area contributed by atoms with E-state index in [1.807, 2.05) is 19.1 Å². The van der Waals surface area contributed by atoms with Crippen LogP contribution in [0.15, 0.2) is 78.6 Å². The van der Waals surface area contributed by atoms with Crippen molar-refractivity contribution in [1.29, 1.82) is 0 Å². The van der Waals surface area contributed by atoms with Crippen LogP contribution >= 0.6 is 0 Å². The molecule has 1 fully saturated rings. The number of carbonyl (C=O) groups is 2. The van der Waals surface area contributed by atoms with Crippen LogP contribution in [-0.4, -0.2) is 40.4 Å². The summed E-state index contributed by atoms with van der Waals surface area (Å²) < 4.78 is 10.7. The minimum Gasteiger partial charge on any atom is -0.507 e. The first kappa shape index (κ1) is 22.1. The molecule has 0 radical (unpaired) electrons. The van der Waals surface area contributed by atoms with Crippen molar-refractivity contribution in [1.82, 2.24) is 9.88 Å². The summed E-state index contributed by atoms with van der Waals surface area (Å²) in [5.41, 5.74) is 1.95. The van der Waals surface area contributed by atoms with Gasteiger partial charge < -0.3 is 19.5 Å². The van der Waals surface area contributed by atoms with Gasteiger partial charge in [-0.15, -0.1) is 0 Å². The van der Waals surface area contributed by atoms with Crippen LogP contribution in [0, 0.1) is 0 Å². The largest absolute Gasteiger partial charge is 0.507 e. The quantitative estimate of drug-likeness (QED) is 0.335. The zero-order valence-electron chi connectivity index (χ0n) is 18.4. The van der Waals surface area contributed by atoms with Gasteiger partial charge in [-0.1, -0.05) is 24.3 Å². The number of amides is 1. The van der Waals surface area contributed by atoms with E-state index in [0.717, 1.165) is 5.56 Å². The van der Waals surface area contributed by atoms with E-state index in [2.05, 4.69) is 4.98 Å². The number of Topliss-reactive ketones (excluding diaryl/α,β-unsaturated/α-hetero) is 1. The highest BCUT2D eigenvalue weighted by Gasteiger charge is 2.46. The van der Waals surface area contributed by atoms with Crippen molar-refractivity contribution in [2.75, 3.05) is 13.7 Å². The van der Waals surface area contributed by atoms with E-state index < -0.39 is 17.7 Å². The third-order valence-electron chi connectivity index (χ3n) is 5.49. The fourth-order valence-electron chi connectivity index (χ4n) is 3.92. The second kappa shape index (κ2) is 9.56. The fourth-order valence-corrected chi connectivity index (χ4v) is 3.92. The molecule has 0 saturated carbocycles. The van der Waals surface area contributed by atoms with E-state index in [-0.39, 0.29) is 17.9 Å². The number of hydrogen-bond donors (Lipinski definition) is 1. The average molecular weight is 444 g/mol. The Morgan fingerprint density at radius 1 is 1.03 bits per heavy atom. The molecule has 7 nitrogen and oxygen atoms in total. The molecule has 1 amide bonds.